The molecule has 2 N–H and O–H groups in total. The summed E-state index contributed by atoms with van der Waals surface area (Å²) in [6.07, 6.45) is -6.83. The van der Waals surface area contributed by atoms with Gasteiger partial charge in [0.25, 0.3) is 0 Å². The van der Waals surface area contributed by atoms with E-state index in [0.717, 1.165) is 22.9 Å². The van der Waals surface area contributed by atoms with Crippen molar-refractivity contribution in [2.45, 2.75) is 24.3 Å². The Hall–Kier alpha value is -2.90. The van der Waals surface area contributed by atoms with Crippen molar-refractivity contribution < 1.29 is 44.3 Å². The molecular weight excluding hydrogens is 447 g/mol. The minimum atomic E-state index is -6.87. The lowest BCUT2D eigenvalue weighted by Crippen LogP contribution is -2.57. The third kappa shape index (κ3) is 4.32. The molecule has 0 aliphatic heterocycles. The molecule has 6 nitrogen and oxygen atoms in total. The number of para-hydroxylation sites is 1. The zero-order valence-electron chi connectivity index (χ0n) is 14.8. The molecule has 0 radical (unpaired) electrons. The molecule has 0 bridgehead atoms. The summed E-state index contributed by atoms with van der Waals surface area (Å²) in [5.41, 5.74) is -0.780. The predicted octanol–water partition coefficient (Wildman–Crippen LogP) is 5.65. The van der Waals surface area contributed by atoms with E-state index in [9.17, 15) is 44.3 Å². The number of rotatable bonds is 6. The van der Waals surface area contributed by atoms with Crippen LogP contribution in [0.5, 0.6) is 5.75 Å². The molecule has 0 spiro atoms. The van der Waals surface area contributed by atoms with Gasteiger partial charge in [-0.2, -0.15) is 39.2 Å². The predicted molar refractivity (Wildman–Crippen MR) is 92.0 cm³/mol. The molecule has 0 aromatic heterocycles. The molecule has 0 aliphatic rings. The standard InChI is InChI=1S/C16H12F7N3O3S/c1-9-6-7-12(13(27)8-9)25-24-10-4-2-3-5-11(10)26-30(28,29)16(22,23)14(17,18)15(19,20)21/h2-8,26-27H,1H3. The third-order valence-corrected chi connectivity index (χ3v) is 5.02. The fraction of sp³-hybridized carbons (Fsp3) is 0.250. The first kappa shape index (κ1) is 23.4. The molecule has 0 unspecified atom stereocenters. The van der Waals surface area contributed by atoms with Crippen LogP contribution in [-0.4, -0.2) is 30.9 Å². The number of phenols is 1. The average molecular weight is 459 g/mol. The second kappa shape index (κ2) is 7.74. The van der Waals surface area contributed by atoms with Gasteiger partial charge in [-0.3, -0.25) is 4.72 Å². The minimum absolute atomic E-state index is 0.104. The van der Waals surface area contributed by atoms with Crippen molar-refractivity contribution in [3.8, 4) is 5.75 Å². The number of nitrogens with one attached hydrogen (secondary N) is 1. The zero-order chi connectivity index (χ0) is 23.0. The Morgan fingerprint density at radius 3 is 2.03 bits per heavy atom. The number of benzene rings is 2. The zero-order valence-corrected chi connectivity index (χ0v) is 15.6. The van der Waals surface area contributed by atoms with Gasteiger partial charge in [-0.1, -0.05) is 18.2 Å². The Kier molecular flexibility index (Phi) is 6.03. The number of nitrogens with zero attached hydrogens (tertiary/aromatic N) is 2. The second-order valence-electron chi connectivity index (χ2n) is 5.90. The van der Waals surface area contributed by atoms with Crippen molar-refractivity contribution in [1.29, 1.82) is 0 Å². The Morgan fingerprint density at radius 1 is 0.900 bits per heavy atom. The van der Waals surface area contributed by atoms with Crippen molar-refractivity contribution in [2.24, 2.45) is 10.2 Å². The molecule has 0 saturated carbocycles. The average Bonchev–Trinajstić information content (AvgIpc) is 2.60. The number of aryl methyl sites for hydroxylation is 1. The normalized spacial score (nSPS) is 13.6. The molecule has 0 amide bonds. The van der Waals surface area contributed by atoms with Gasteiger partial charge in [-0.15, -0.1) is 10.2 Å². The summed E-state index contributed by atoms with van der Waals surface area (Å²) in [5, 5.41) is 10.3. The quantitative estimate of drug-likeness (QED) is 0.432. The van der Waals surface area contributed by atoms with Crippen LogP contribution < -0.4 is 4.72 Å². The van der Waals surface area contributed by atoms with E-state index in [1.807, 2.05) is 0 Å². The fourth-order valence-corrected chi connectivity index (χ4v) is 3.06. The van der Waals surface area contributed by atoms with Crippen molar-refractivity contribution in [1.82, 2.24) is 0 Å². The first-order valence-electron chi connectivity index (χ1n) is 7.75. The number of azo groups is 1. The topological polar surface area (TPSA) is 91.1 Å². The number of hydrogen-bond donors (Lipinski definition) is 2. The first-order valence-corrected chi connectivity index (χ1v) is 9.23. The highest BCUT2D eigenvalue weighted by Gasteiger charge is 2.78. The third-order valence-electron chi connectivity index (χ3n) is 3.60. The summed E-state index contributed by atoms with van der Waals surface area (Å²) in [7, 11) is -6.58. The van der Waals surface area contributed by atoms with Crippen molar-refractivity contribution in [3.63, 3.8) is 0 Å². The van der Waals surface area contributed by atoms with Gasteiger partial charge in [0.15, 0.2) is 0 Å². The van der Waals surface area contributed by atoms with Crippen LogP contribution in [0.25, 0.3) is 0 Å². The lowest BCUT2D eigenvalue weighted by molar-refractivity contribution is -0.332. The molecular formula is C16H12F7N3O3S. The highest BCUT2D eigenvalue weighted by molar-refractivity contribution is 7.93. The van der Waals surface area contributed by atoms with Crippen LogP contribution >= 0.6 is 0 Å². The molecule has 0 aliphatic carbocycles. The largest absolute Gasteiger partial charge is 0.506 e. The van der Waals surface area contributed by atoms with Crippen LogP contribution in [0.3, 0.4) is 0 Å². The Balaban J connectivity index is 2.41. The van der Waals surface area contributed by atoms with Crippen molar-refractivity contribution in [2.75, 3.05) is 4.72 Å². The Bertz CT molecular complexity index is 1070. The van der Waals surface area contributed by atoms with Gasteiger partial charge in [0.1, 0.15) is 17.1 Å². The number of aromatic hydroxyl groups is 1. The van der Waals surface area contributed by atoms with Crippen molar-refractivity contribution >= 4 is 27.1 Å². The maximum Gasteiger partial charge on any atom is 0.461 e. The summed E-state index contributed by atoms with van der Waals surface area (Å²) in [6, 6.07) is 8.30. The highest BCUT2D eigenvalue weighted by Crippen LogP contribution is 2.49. The molecule has 0 saturated heterocycles. The van der Waals surface area contributed by atoms with Crippen molar-refractivity contribution in [3.05, 3.63) is 48.0 Å². The lowest BCUT2D eigenvalue weighted by Gasteiger charge is -2.28. The molecule has 30 heavy (non-hydrogen) atoms. The SMILES string of the molecule is Cc1ccc(N=Nc2ccccc2NS(=O)(=O)C(F)(F)C(F)(F)C(F)(F)F)c(O)c1. The van der Waals surface area contributed by atoms with Crippen LogP contribution in [0.4, 0.5) is 47.8 Å². The highest BCUT2D eigenvalue weighted by atomic mass is 32.2. The number of alkyl halides is 7. The van der Waals surface area contributed by atoms with Gasteiger partial charge in [0, 0.05) is 0 Å². The smallest absolute Gasteiger partial charge is 0.461 e. The summed E-state index contributed by atoms with van der Waals surface area (Å²) >= 11 is 0. The number of halogens is 7. The molecule has 0 fully saturated rings. The molecule has 0 atom stereocenters. The summed E-state index contributed by atoms with van der Waals surface area (Å²) in [6.45, 7) is 1.65. The molecule has 2 aromatic rings. The number of sulfonamides is 1. The van der Waals surface area contributed by atoms with Gasteiger partial charge in [0.05, 0.1) is 5.69 Å². The van der Waals surface area contributed by atoms with E-state index >= 15 is 0 Å². The van der Waals surface area contributed by atoms with E-state index in [1.165, 1.54) is 24.3 Å². The van der Waals surface area contributed by atoms with E-state index in [-0.39, 0.29) is 11.4 Å². The maximum absolute atomic E-state index is 13.6. The summed E-state index contributed by atoms with van der Waals surface area (Å²) in [5.74, 6) is -7.19. The molecule has 2 rings (SSSR count). The van der Waals surface area contributed by atoms with Gasteiger partial charge < -0.3 is 5.11 Å². The number of hydrogen-bond acceptors (Lipinski definition) is 5. The number of phenolic OH excluding ortho intramolecular Hbond substituents is 1. The maximum atomic E-state index is 13.6. The first-order chi connectivity index (χ1) is 13.6. The number of anilines is 1. The molecule has 164 valence electrons. The van der Waals surface area contributed by atoms with Crippen LogP contribution in [0, 0.1) is 6.92 Å². The second-order valence-corrected chi connectivity index (χ2v) is 7.63. The van der Waals surface area contributed by atoms with Gasteiger partial charge in [-0.05, 0) is 36.8 Å². The summed E-state index contributed by atoms with van der Waals surface area (Å²) < 4.78 is 115. The monoisotopic (exact) mass is 459 g/mol. The van der Waals surface area contributed by atoms with Crippen LogP contribution in [0.15, 0.2) is 52.7 Å². The van der Waals surface area contributed by atoms with E-state index in [0.29, 0.717) is 5.56 Å². The lowest BCUT2D eigenvalue weighted by atomic mass is 10.2. The molecule has 0 heterocycles. The van der Waals surface area contributed by atoms with Gasteiger partial charge in [-0.25, -0.2) is 0 Å². The van der Waals surface area contributed by atoms with E-state index in [1.54, 1.807) is 6.92 Å². The van der Waals surface area contributed by atoms with E-state index in [2.05, 4.69) is 10.2 Å². The Morgan fingerprint density at radius 2 is 1.47 bits per heavy atom. The fourth-order valence-electron chi connectivity index (χ4n) is 2.02. The van der Waals surface area contributed by atoms with E-state index < -0.39 is 38.8 Å². The van der Waals surface area contributed by atoms with Gasteiger partial charge in [0.2, 0.25) is 0 Å². The molecule has 2 aromatic carbocycles. The van der Waals surface area contributed by atoms with Gasteiger partial charge >= 0.3 is 27.4 Å². The Labute approximate surface area is 165 Å². The van der Waals surface area contributed by atoms with Crippen LogP contribution in [0.2, 0.25) is 0 Å². The van der Waals surface area contributed by atoms with Crippen LogP contribution in [-0.2, 0) is 10.0 Å². The van der Waals surface area contributed by atoms with E-state index in [4.69, 9.17) is 0 Å². The molecule has 14 heteroatoms. The summed E-state index contributed by atoms with van der Waals surface area (Å²) in [4.78, 5) is 0. The van der Waals surface area contributed by atoms with Crippen LogP contribution in [0.1, 0.15) is 5.56 Å². The minimum Gasteiger partial charge on any atom is -0.506 e.